The van der Waals surface area contributed by atoms with Gasteiger partial charge in [0.2, 0.25) is 11.8 Å². The number of carbonyl (C=O) groups is 2. The van der Waals surface area contributed by atoms with E-state index < -0.39 is 0 Å². The van der Waals surface area contributed by atoms with Crippen LogP contribution in [0.15, 0.2) is 78.9 Å². The largest absolute Gasteiger partial charge is 0.318 e. The number of amides is 2. The molecule has 2 amide bonds. The highest BCUT2D eigenvalue weighted by Gasteiger charge is 2.35. The van der Waals surface area contributed by atoms with Crippen LogP contribution >= 0.6 is 0 Å². The van der Waals surface area contributed by atoms with Gasteiger partial charge < -0.3 is 14.4 Å². The predicted molar refractivity (Wildman–Crippen MR) is 130 cm³/mol. The van der Waals surface area contributed by atoms with Crippen LogP contribution in [0, 0.1) is 6.92 Å². The molecule has 6 nitrogen and oxygen atoms in total. The average molecular weight is 439 g/mol. The van der Waals surface area contributed by atoms with E-state index in [-0.39, 0.29) is 24.3 Å². The second-order valence-corrected chi connectivity index (χ2v) is 8.57. The van der Waals surface area contributed by atoms with Crippen molar-refractivity contribution in [1.82, 2.24) is 9.55 Å². The normalized spacial score (nSPS) is 15.9. The molecule has 1 atom stereocenters. The Labute approximate surface area is 193 Å². The lowest BCUT2D eigenvalue weighted by molar-refractivity contribution is -0.119. The first-order valence-electron chi connectivity index (χ1n) is 11.1. The Morgan fingerprint density at radius 3 is 2.45 bits per heavy atom. The van der Waals surface area contributed by atoms with Gasteiger partial charge in [-0.05, 0) is 43.3 Å². The Bertz CT molecular complexity index is 1310. The van der Waals surface area contributed by atoms with Crippen LogP contribution < -0.4 is 9.80 Å². The number of para-hydroxylation sites is 3. The van der Waals surface area contributed by atoms with Gasteiger partial charge in [0.25, 0.3) is 0 Å². The number of likely N-dealkylation sites (N-methyl/N-ethyl adjacent to an activating group) is 1. The fourth-order valence-electron chi connectivity index (χ4n) is 4.46. The molecule has 5 rings (SSSR count). The molecule has 1 aliphatic heterocycles. The number of rotatable bonds is 5. The SMILES string of the molecule is Cc1ccc(N2C[C@H](c3nc4ccccc4n3CC(=O)N(C)c3ccccc3)CC2=O)cc1. The predicted octanol–water partition coefficient (Wildman–Crippen LogP) is 4.53. The van der Waals surface area contributed by atoms with E-state index in [9.17, 15) is 9.59 Å². The third kappa shape index (κ3) is 4.00. The third-order valence-electron chi connectivity index (χ3n) is 6.33. The number of benzene rings is 3. The van der Waals surface area contributed by atoms with Gasteiger partial charge in [0.15, 0.2) is 0 Å². The highest BCUT2D eigenvalue weighted by atomic mass is 16.2. The van der Waals surface area contributed by atoms with Crippen LogP contribution in [0.25, 0.3) is 11.0 Å². The van der Waals surface area contributed by atoms with E-state index >= 15 is 0 Å². The molecule has 166 valence electrons. The van der Waals surface area contributed by atoms with Crippen molar-refractivity contribution in [3.8, 4) is 0 Å². The Hall–Kier alpha value is -3.93. The van der Waals surface area contributed by atoms with Crippen molar-refractivity contribution >= 4 is 34.2 Å². The summed E-state index contributed by atoms with van der Waals surface area (Å²) in [6.07, 6.45) is 0.375. The maximum atomic E-state index is 13.2. The number of aryl methyl sites for hydroxylation is 1. The van der Waals surface area contributed by atoms with E-state index in [0.717, 1.165) is 33.8 Å². The number of imidazole rings is 1. The minimum absolute atomic E-state index is 0.0367. The summed E-state index contributed by atoms with van der Waals surface area (Å²) >= 11 is 0. The van der Waals surface area contributed by atoms with Crippen molar-refractivity contribution in [3.05, 3.63) is 90.3 Å². The third-order valence-corrected chi connectivity index (χ3v) is 6.33. The minimum Gasteiger partial charge on any atom is -0.318 e. The van der Waals surface area contributed by atoms with E-state index in [4.69, 9.17) is 4.98 Å². The van der Waals surface area contributed by atoms with Gasteiger partial charge in [-0.3, -0.25) is 9.59 Å². The summed E-state index contributed by atoms with van der Waals surface area (Å²) in [5.41, 5.74) is 4.64. The van der Waals surface area contributed by atoms with Gasteiger partial charge >= 0.3 is 0 Å². The Kier molecular flexibility index (Phi) is 5.42. The number of carbonyl (C=O) groups excluding carboxylic acids is 2. The number of anilines is 2. The fourth-order valence-corrected chi connectivity index (χ4v) is 4.46. The molecular formula is C27H26N4O2. The van der Waals surface area contributed by atoms with Crippen molar-refractivity contribution in [2.24, 2.45) is 0 Å². The molecule has 2 heterocycles. The average Bonchev–Trinajstić information content (AvgIpc) is 3.40. The fraction of sp³-hybridized carbons (Fsp3) is 0.222. The molecule has 1 aromatic heterocycles. The first kappa shape index (κ1) is 20.9. The quantitative estimate of drug-likeness (QED) is 0.460. The lowest BCUT2D eigenvalue weighted by Gasteiger charge is -2.20. The van der Waals surface area contributed by atoms with E-state index in [0.29, 0.717) is 13.0 Å². The molecule has 4 aromatic rings. The van der Waals surface area contributed by atoms with Gasteiger partial charge in [0, 0.05) is 37.3 Å². The Balaban J connectivity index is 1.46. The van der Waals surface area contributed by atoms with Crippen LogP contribution in [0.5, 0.6) is 0 Å². The topological polar surface area (TPSA) is 58.4 Å². The zero-order valence-electron chi connectivity index (χ0n) is 18.8. The van der Waals surface area contributed by atoms with E-state index in [2.05, 4.69) is 0 Å². The molecule has 33 heavy (non-hydrogen) atoms. The number of hydrogen-bond donors (Lipinski definition) is 0. The van der Waals surface area contributed by atoms with Crippen LogP contribution in [0.2, 0.25) is 0 Å². The maximum absolute atomic E-state index is 13.2. The smallest absolute Gasteiger partial charge is 0.246 e. The van der Waals surface area contributed by atoms with Crippen molar-refractivity contribution in [1.29, 1.82) is 0 Å². The summed E-state index contributed by atoms with van der Waals surface area (Å²) in [5, 5.41) is 0. The molecule has 0 saturated carbocycles. The molecule has 6 heteroatoms. The molecule has 3 aromatic carbocycles. The summed E-state index contributed by atoms with van der Waals surface area (Å²) in [6, 6.07) is 25.4. The van der Waals surface area contributed by atoms with Crippen LogP contribution in [-0.2, 0) is 16.1 Å². The van der Waals surface area contributed by atoms with Gasteiger partial charge in [0.05, 0.1) is 11.0 Å². The summed E-state index contributed by atoms with van der Waals surface area (Å²) in [7, 11) is 1.79. The summed E-state index contributed by atoms with van der Waals surface area (Å²) in [5.74, 6) is 0.746. The first-order chi connectivity index (χ1) is 16.0. The van der Waals surface area contributed by atoms with Gasteiger partial charge in [-0.15, -0.1) is 0 Å². The zero-order valence-corrected chi connectivity index (χ0v) is 18.8. The number of nitrogens with zero attached hydrogens (tertiary/aromatic N) is 4. The molecule has 0 radical (unpaired) electrons. The molecule has 0 bridgehead atoms. The Morgan fingerprint density at radius 2 is 1.70 bits per heavy atom. The molecule has 1 aliphatic rings. The molecule has 0 spiro atoms. The van der Waals surface area contributed by atoms with Gasteiger partial charge in [-0.1, -0.05) is 48.0 Å². The number of aromatic nitrogens is 2. The first-order valence-corrected chi connectivity index (χ1v) is 11.1. The van der Waals surface area contributed by atoms with E-state index in [1.807, 2.05) is 95.3 Å². The molecule has 1 fully saturated rings. The molecule has 0 unspecified atom stereocenters. The highest BCUT2D eigenvalue weighted by Crippen LogP contribution is 2.33. The van der Waals surface area contributed by atoms with E-state index in [1.165, 1.54) is 0 Å². The molecular weight excluding hydrogens is 412 g/mol. The van der Waals surface area contributed by atoms with Crippen LogP contribution in [0.1, 0.15) is 23.7 Å². The van der Waals surface area contributed by atoms with E-state index in [1.54, 1.807) is 11.9 Å². The molecule has 0 N–H and O–H groups in total. The molecule has 0 aliphatic carbocycles. The van der Waals surface area contributed by atoms with Crippen molar-refractivity contribution < 1.29 is 9.59 Å². The molecule has 1 saturated heterocycles. The summed E-state index contributed by atoms with van der Waals surface area (Å²) in [6.45, 7) is 2.74. The zero-order chi connectivity index (χ0) is 22.9. The monoisotopic (exact) mass is 438 g/mol. The van der Waals surface area contributed by atoms with Crippen molar-refractivity contribution in [3.63, 3.8) is 0 Å². The van der Waals surface area contributed by atoms with Gasteiger partial charge in [0.1, 0.15) is 12.4 Å². The van der Waals surface area contributed by atoms with Gasteiger partial charge in [-0.25, -0.2) is 4.98 Å². The second kappa shape index (κ2) is 8.54. The lowest BCUT2D eigenvalue weighted by atomic mass is 10.1. The minimum atomic E-state index is -0.0824. The maximum Gasteiger partial charge on any atom is 0.246 e. The van der Waals surface area contributed by atoms with Crippen LogP contribution in [0.4, 0.5) is 11.4 Å². The highest BCUT2D eigenvalue weighted by molar-refractivity contribution is 5.97. The van der Waals surface area contributed by atoms with Crippen LogP contribution in [0.3, 0.4) is 0 Å². The lowest BCUT2D eigenvalue weighted by Crippen LogP contribution is -2.31. The Morgan fingerprint density at radius 1 is 1.00 bits per heavy atom. The number of fused-ring (bicyclic) bond motifs is 1. The van der Waals surface area contributed by atoms with Gasteiger partial charge in [-0.2, -0.15) is 0 Å². The van der Waals surface area contributed by atoms with Crippen molar-refractivity contribution in [2.45, 2.75) is 25.8 Å². The summed E-state index contributed by atoms with van der Waals surface area (Å²) in [4.78, 5) is 34.5. The van der Waals surface area contributed by atoms with Crippen molar-refractivity contribution in [2.75, 3.05) is 23.4 Å². The van der Waals surface area contributed by atoms with Crippen LogP contribution in [-0.4, -0.2) is 35.0 Å². The second-order valence-electron chi connectivity index (χ2n) is 8.57. The standard InChI is InChI=1S/C27H26N4O2/c1-19-12-14-22(15-13-19)30-17-20(16-25(30)32)27-28-23-10-6-7-11-24(23)31(27)18-26(33)29(2)21-8-4-3-5-9-21/h3-15,20H,16-18H2,1-2H3/t20-/m1/s1. The summed E-state index contributed by atoms with van der Waals surface area (Å²) < 4.78 is 1.98. The number of hydrogen-bond acceptors (Lipinski definition) is 3.